The minimum absolute atomic E-state index is 0.414. The van der Waals surface area contributed by atoms with Crippen molar-refractivity contribution in [2.75, 3.05) is 6.61 Å². The first kappa shape index (κ1) is 10.6. The summed E-state index contributed by atoms with van der Waals surface area (Å²) in [6.45, 7) is 0.535. The molecule has 2 rings (SSSR count). The van der Waals surface area contributed by atoms with Crippen LogP contribution in [-0.4, -0.2) is 17.3 Å². The standard InChI is InChI=1S/C12H17NO2/c13-15-7-4-10-2-1-3-11(8-10)9-12(14)5-6-12/h1-3,8,14H,4-7,9,13H2. The van der Waals surface area contributed by atoms with E-state index >= 15 is 0 Å². The Kier molecular flexibility index (Phi) is 3.05. The molecule has 1 aliphatic rings. The molecule has 0 amide bonds. The smallest absolute Gasteiger partial charge is 0.0719 e. The van der Waals surface area contributed by atoms with Crippen LogP contribution in [0.5, 0.6) is 0 Å². The quantitative estimate of drug-likeness (QED) is 0.713. The number of rotatable bonds is 5. The van der Waals surface area contributed by atoms with E-state index in [0.29, 0.717) is 6.61 Å². The van der Waals surface area contributed by atoms with Crippen LogP contribution < -0.4 is 5.90 Å². The molecule has 1 fully saturated rings. The van der Waals surface area contributed by atoms with Crippen LogP contribution in [0.25, 0.3) is 0 Å². The molecule has 0 bridgehead atoms. The van der Waals surface area contributed by atoms with Gasteiger partial charge in [0.15, 0.2) is 0 Å². The van der Waals surface area contributed by atoms with Gasteiger partial charge in [0.1, 0.15) is 0 Å². The first-order valence-corrected chi connectivity index (χ1v) is 5.34. The number of nitrogens with two attached hydrogens (primary N) is 1. The van der Waals surface area contributed by atoms with Crippen LogP contribution in [0.15, 0.2) is 24.3 Å². The highest BCUT2D eigenvalue weighted by Crippen LogP contribution is 2.38. The summed E-state index contributed by atoms with van der Waals surface area (Å²) in [6.07, 6.45) is 3.46. The highest BCUT2D eigenvalue weighted by Gasteiger charge is 2.39. The van der Waals surface area contributed by atoms with Crippen molar-refractivity contribution in [3.63, 3.8) is 0 Å². The van der Waals surface area contributed by atoms with E-state index in [-0.39, 0.29) is 0 Å². The molecule has 1 aromatic rings. The first-order chi connectivity index (χ1) is 7.22. The van der Waals surface area contributed by atoms with Crippen LogP contribution in [0.1, 0.15) is 24.0 Å². The Hall–Kier alpha value is -0.900. The summed E-state index contributed by atoms with van der Waals surface area (Å²) < 4.78 is 0. The maximum Gasteiger partial charge on any atom is 0.0719 e. The SMILES string of the molecule is NOCCc1cccc(CC2(O)CC2)c1. The largest absolute Gasteiger partial charge is 0.390 e. The fraction of sp³-hybridized carbons (Fsp3) is 0.500. The Morgan fingerprint density at radius 3 is 2.73 bits per heavy atom. The Morgan fingerprint density at radius 1 is 1.33 bits per heavy atom. The average molecular weight is 207 g/mol. The number of hydrogen-bond acceptors (Lipinski definition) is 3. The third kappa shape index (κ3) is 3.02. The molecule has 3 nitrogen and oxygen atoms in total. The van der Waals surface area contributed by atoms with Crippen molar-refractivity contribution < 1.29 is 9.94 Å². The van der Waals surface area contributed by atoms with E-state index in [2.05, 4.69) is 23.0 Å². The lowest BCUT2D eigenvalue weighted by atomic mass is 10.0. The van der Waals surface area contributed by atoms with Crippen molar-refractivity contribution in [2.24, 2.45) is 5.90 Å². The van der Waals surface area contributed by atoms with Crippen LogP contribution in [0, 0.1) is 0 Å². The monoisotopic (exact) mass is 207 g/mol. The zero-order valence-corrected chi connectivity index (χ0v) is 8.78. The van der Waals surface area contributed by atoms with Crippen LogP contribution in [0.2, 0.25) is 0 Å². The van der Waals surface area contributed by atoms with Crippen LogP contribution in [0.3, 0.4) is 0 Å². The van der Waals surface area contributed by atoms with Gasteiger partial charge in [-0.1, -0.05) is 24.3 Å². The summed E-state index contributed by atoms with van der Waals surface area (Å²) in [4.78, 5) is 4.55. The van der Waals surface area contributed by atoms with E-state index in [9.17, 15) is 5.11 Å². The van der Waals surface area contributed by atoms with E-state index in [1.54, 1.807) is 0 Å². The fourth-order valence-corrected chi connectivity index (χ4v) is 1.77. The summed E-state index contributed by atoms with van der Waals surface area (Å²) in [5, 5.41) is 9.80. The van der Waals surface area contributed by atoms with Gasteiger partial charge in [-0.15, -0.1) is 0 Å². The minimum Gasteiger partial charge on any atom is -0.390 e. The fourth-order valence-electron chi connectivity index (χ4n) is 1.77. The summed E-state index contributed by atoms with van der Waals surface area (Å²) in [7, 11) is 0. The normalized spacial score (nSPS) is 17.7. The number of benzene rings is 1. The molecule has 0 unspecified atom stereocenters. The minimum atomic E-state index is -0.414. The molecule has 0 heterocycles. The molecule has 0 spiro atoms. The Bertz CT molecular complexity index is 334. The molecule has 0 atom stereocenters. The second-order valence-corrected chi connectivity index (χ2v) is 4.34. The van der Waals surface area contributed by atoms with Gasteiger partial charge in [-0.05, 0) is 30.4 Å². The van der Waals surface area contributed by atoms with E-state index in [1.807, 2.05) is 6.07 Å². The lowest BCUT2D eigenvalue weighted by Gasteiger charge is -2.08. The molecule has 3 N–H and O–H groups in total. The van der Waals surface area contributed by atoms with Crippen molar-refractivity contribution in [2.45, 2.75) is 31.3 Å². The van der Waals surface area contributed by atoms with Crippen molar-refractivity contribution >= 4 is 0 Å². The zero-order valence-electron chi connectivity index (χ0n) is 8.78. The predicted octanol–water partition coefficient (Wildman–Crippen LogP) is 1.19. The summed E-state index contributed by atoms with van der Waals surface area (Å²) in [5.74, 6) is 4.99. The van der Waals surface area contributed by atoms with Gasteiger partial charge in [-0.3, -0.25) is 0 Å². The summed E-state index contributed by atoms with van der Waals surface area (Å²) in [6, 6.07) is 8.25. The third-order valence-electron chi connectivity index (χ3n) is 2.86. The lowest BCUT2D eigenvalue weighted by Crippen LogP contribution is -2.11. The molecule has 15 heavy (non-hydrogen) atoms. The molecule has 1 saturated carbocycles. The second-order valence-electron chi connectivity index (χ2n) is 4.34. The zero-order chi connectivity index (χ0) is 10.7. The molecule has 1 aromatic carbocycles. The first-order valence-electron chi connectivity index (χ1n) is 5.34. The molecular weight excluding hydrogens is 190 g/mol. The molecule has 0 saturated heterocycles. The molecular formula is C12H17NO2. The van der Waals surface area contributed by atoms with Crippen molar-refractivity contribution in [1.82, 2.24) is 0 Å². The highest BCUT2D eigenvalue weighted by atomic mass is 16.6. The van der Waals surface area contributed by atoms with Gasteiger partial charge in [0, 0.05) is 6.42 Å². The van der Waals surface area contributed by atoms with Crippen LogP contribution in [0.4, 0.5) is 0 Å². The van der Waals surface area contributed by atoms with E-state index in [0.717, 1.165) is 25.7 Å². The Labute approximate surface area is 89.8 Å². The van der Waals surface area contributed by atoms with Gasteiger partial charge in [0.2, 0.25) is 0 Å². The molecule has 1 aliphatic carbocycles. The number of aliphatic hydroxyl groups is 1. The Morgan fingerprint density at radius 2 is 2.07 bits per heavy atom. The third-order valence-corrected chi connectivity index (χ3v) is 2.86. The van der Waals surface area contributed by atoms with Crippen molar-refractivity contribution in [3.8, 4) is 0 Å². The molecule has 0 radical (unpaired) electrons. The summed E-state index contributed by atoms with van der Waals surface area (Å²) >= 11 is 0. The molecule has 3 heteroatoms. The molecule has 0 aliphatic heterocycles. The van der Waals surface area contributed by atoms with E-state index in [4.69, 9.17) is 5.90 Å². The van der Waals surface area contributed by atoms with Gasteiger partial charge < -0.3 is 9.94 Å². The lowest BCUT2D eigenvalue weighted by molar-refractivity contribution is 0.141. The van der Waals surface area contributed by atoms with Gasteiger partial charge in [0.05, 0.1) is 12.2 Å². The molecule has 0 aromatic heterocycles. The van der Waals surface area contributed by atoms with Crippen LogP contribution in [-0.2, 0) is 17.7 Å². The topological polar surface area (TPSA) is 55.5 Å². The highest BCUT2D eigenvalue weighted by molar-refractivity contribution is 5.26. The number of hydrogen-bond donors (Lipinski definition) is 2. The van der Waals surface area contributed by atoms with E-state index < -0.39 is 5.60 Å². The van der Waals surface area contributed by atoms with Gasteiger partial charge in [-0.25, -0.2) is 5.90 Å². The maximum absolute atomic E-state index is 9.80. The predicted molar refractivity (Wildman–Crippen MR) is 58.2 cm³/mol. The summed E-state index contributed by atoms with van der Waals surface area (Å²) in [5.41, 5.74) is 2.00. The van der Waals surface area contributed by atoms with Gasteiger partial charge in [0.25, 0.3) is 0 Å². The van der Waals surface area contributed by atoms with Crippen molar-refractivity contribution in [1.29, 1.82) is 0 Å². The van der Waals surface area contributed by atoms with Gasteiger partial charge in [-0.2, -0.15) is 0 Å². The maximum atomic E-state index is 9.80. The van der Waals surface area contributed by atoms with E-state index in [1.165, 1.54) is 11.1 Å². The second kappa shape index (κ2) is 4.31. The van der Waals surface area contributed by atoms with Crippen molar-refractivity contribution in [3.05, 3.63) is 35.4 Å². The Balaban J connectivity index is 1.98. The van der Waals surface area contributed by atoms with Gasteiger partial charge >= 0.3 is 0 Å². The molecule has 82 valence electrons. The van der Waals surface area contributed by atoms with Crippen LogP contribution >= 0.6 is 0 Å². The average Bonchev–Trinajstić information content (AvgIpc) is 2.93.